The largest absolute Gasteiger partial charge is 0.393 e. The molecule has 0 atom stereocenters. The van der Waals surface area contributed by atoms with Crippen LogP contribution in [0.3, 0.4) is 0 Å². The van der Waals surface area contributed by atoms with Gasteiger partial charge in [-0.3, -0.25) is 4.99 Å². The van der Waals surface area contributed by atoms with E-state index < -0.39 is 0 Å². The predicted molar refractivity (Wildman–Crippen MR) is 108 cm³/mol. The molecule has 1 saturated heterocycles. The van der Waals surface area contributed by atoms with Crippen molar-refractivity contribution in [2.45, 2.75) is 50.5 Å². The van der Waals surface area contributed by atoms with E-state index in [4.69, 9.17) is 4.99 Å². The van der Waals surface area contributed by atoms with E-state index in [1.54, 1.807) is 12.1 Å². The third kappa shape index (κ3) is 5.66. The fourth-order valence-electron chi connectivity index (χ4n) is 3.78. The molecule has 150 valence electrons. The molecule has 3 N–H and O–H groups in total. The van der Waals surface area contributed by atoms with Gasteiger partial charge in [0, 0.05) is 31.6 Å². The summed E-state index contributed by atoms with van der Waals surface area (Å²) in [5, 5.41) is 16.3. The molecule has 2 fully saturated rings. The van der Waals surface area contributed by atoms with Gasteiger partial charge in [-0.25, -0.2) is 4.39 Å². The minimum Gasteiger partial charge on any atom is -0.393 e. The molecule has 27 heavy (non-hydrogen) atoms. The molecule has 1 saturated carbocycles. The van der Waals surface area contributed by atoms with Gasteiger partial charge in [0.05, 0.1) is 12.6 Å². The maximum absolute atomic E-state index is 14.1. The van der Waals surface area contributed by atoms with Crippen molar-refractivity contribution in [3.8, 4) is 0 Å². The Morgan fingerprint density at radius 3 is 2.67 bits per heavy atom. The molecule has 0 bridgehead atoms. The third-order valence-corrected chi connectivity index (χ3v) is 5.68. The van der Waals surface area contributed by atoms with Crippen LogP contribution in [0.15, 0.2) is 29.3 Å². The van der Waals surface area contributed by atoms with Gasteiger partial charge in [-0.15, -0.1) is 0 Å². The summed E-state index contributed by atoms with van der Waals surface area (Å²) in [7, 11) is 0. The highest BCUT2D eigenvalue weighted by molar-refractivity contribution is 5.79. The Morgan fingerprint density at radius 2 is 2.00 bits per heavy atom. The highest BCUT2D eigenvalue weighted by Crippen LogP contribution is 2.49. The summed E-state index contributed by atoms with van der Waals surface area (Å²) in [6.07, 6.45) is 4.69. The van der Waals surface area contributed by atoms with E-state index in [-0.39, 0.29) is 17.3 Å². The number of guanidine groups is 1. The maximum atomic E-state index is 14.1. The number of halogens is 1. The number of benzene rings is 1. The zero-order valence-corrected chi connectivity index (χ0v) is 16.4. The van der Waals surface area contributed by atoms with Crippen LogP contribution in [0.4, 0.5) is 4.39 Å². The van der Waals surface area contributed by atoms with Gasteiger partial charge in [-0.2, -0.15) is 0 Å². The number of likely N-dealkylation sites (tertiary alicyclic amines) is 1. The number of hydrogen-bond donors (Lipinski definition) is 3. The van der Waals surface area contributed by atoms with Gasteiger partial charge in [0.15, 0.2) is 5.96 Å². The summed E-state index contributed by atoms with van der Waals surface area (Å²) in [6, 6.07) is 7.09. The molecule has 0 aromatic heterocycles. The van der Waals surface area contributed by atoms with Crippen molar-refractivity contribution in [1.82, 2.24) is 15.5 Å². The fourth-order valence-corrected chi connectivity index (χ4v) is 3.78. The van der Waals surface area contributed by atoms with Crippen molar-refractivity contribution >= 4 is 5.96 Å². The van der Waals surface area contributed by atoms with Crippen LogP contribution in [-0.2, 0) is 5.41 Å². The average molecular weight is 377 g/mol. The Hall–Kier alpha value is -1.66. The summed E-state index contributed by atoms with van der Waals surface area (Å²) in [4.78, 5) is 7.15. The number of nitrogens with one attached hydrogen (secondary N) is 2. The molecule has 1 aliphatic heterocycles. The first-order valence-electron chi connectivity index (χ1n) is 10.3. The normalized spacial score (nSPS) is 20.5. The second-order valence-electron chi connectivity index (χ2n) is 7.81. The zero-order valence-electron chi connectivity index (χ0n) is 16.4. The number of aliphatic hydroxyl groups excluding tert-OH is 1. The maximum Gasteiger partial charge on any atom is 0.191 e. The molecule has 3 rings (SSSR count). The molecule has 0 amide bonds. The van der Waals surface area contributed by atoms with Crippen molar-refractivity contribution in [3.05, 3.63) is 35.6 Å². The molecule has 1 heterocycles. The number of piperidine rings is 1. The molecular weight excluding hydrogens is 343 g/mol. The lowest BCUT2D eigenvalue weighted by molar-refractivity contribution is 0.0823. The van der Waals surface area contributed by atoms with E-state index in [0.29, 0.717) is 6.54 Å². The Kier molecular flexibility index (Phi) is 7.07. The molecule has 0 unspecified atom stereocenters. The van der Waals surface area contributed by atoms with Crippen molar-refractivity contribution in [2.75, 3.05) is 39.3 Å². The molecule has 1 aromatic rings. The van der Waals surface area contributed by atoms with Crippen molar-refractivity contribution in [1.29, 1.82) is 0 Å². The van der Waals surface area contributed by atoms with Gasteiger partial charge >= 0.3 is 0 Å². The summed E-state index contributed by atoms with van der Waals surface area (Å²) in [5.74, 6) is 0.698. The van der Waals surface area contributed by atoms with E-state index >= 15 is 0 Å². The van der Waals surface area contributed by atoms with Crippen LogP contribution in [0.2, 0.25) is 0 Å². The Morgan fingerprint density at radius 1 is 1.26 bits per heavy atom. The molecule has 0 spiro atoms. The Labute approximate surface area is 162 Å². The molecule has 1 aliphatic carbocycles. The first-order valence-corrected chi connectivity index (χ1v) is 10.3. The van der Waals surface area contributed by atoms with E-state index in [2.05, 4.69) is 22.5 Å². The lowest BCUT2D eigenvalue weighted by Crippen LogP contribution is -2.40. The Balaban J connectivity index is 1.46. The van der Waals surface area contributed by atoms with Crippen LogP contribution in [0.25, 0.3) is 0 Å². The third-order valence-electron chi connectivity index (χ3n) is 5.68. The number of hydrogen-bond acceptors (Lipinski definition) is 3. The van der Waals surface area contributed by atoms with Crippen molar-refractivity contribution < 1.29 is 9.50 Å². The predicted octanol–water partition coefficient (Wildman–Crippen LogP) is 2.26. The lowest BCUT2D eigenvalue weighted by Gasteiger charge is -2.29. The van der Waals surface area contributed by atoms with Crippen LogP contribution in [0.5, 0.6) is 0 Å². The van der Waals surface area contributed by atoms with Crippen LogP contribution in [0.1, 0.15) is 44.6 Å². The minimum atomic E-state index is -0.123. The first kappa shape index (κ1) is 20.1. The van der Waals surface area contributed by atoms with E-state index in [0.717, 1.165) is 76.4 Å². The van der Waals surface area contributed by atoms with Crippen LogP contribution < -0.4 is 10.6 Å². The molecular formula is C21H33FN4O. The smallest absolute Gasteiger partial charge is 0.191 e. The molecule has 5 nitrogen and oxygen atoms in total. The number of aliphatic hydroxyl groups is 1. The highest BCUT2D eigenvalue weighted by atomic mass is 19.1. The summed E-state index contributed by atoms with van der Waals surface area (Å²) < 4.78 is 14.1. The zero-order chi connectivity index (χ0) is 19.1. The van der Waals surface area contributed by atoms with Crippen LogP contribution in [-0.4, -0.2) is 61.3 Å². The van der Waals surface area contributed by atoms with E-state index in [1.165, 1.54) is 0 Å². The standard InChI is InChI=1S/C21H33FN4O/c1-2-23-20(24-12-5-13-26-14-8-17(27)9-15-26)25-16-21(10-11-21)18-6-3-4-7-19(18)22/h3-4,6-7,17,27H,2,5,8-16H2,1H3,(H2,23,24,25). The van der Waals surface area contributed by atoms with E-state index in [1.807, 2.05) is 12.1 Å². The van der Waals surface area contributed by atoms with Gasteiger partial charge in [0.25, 0.3) is 0 Å². The molecule has 2 aliphatic rings. The van der Waals surface area contributed by atoms with Crippen LogP contribution in [0, 0.1) is 5.82 Å². The van der Waals surface area contributed by atoms with Crippen molar-refractivity contribution in [3.63, 3.8) is 0 Å². The van der Waals surface area contributed by atoms with E-state index in [9.17, 15) is 9.50 Å². The second-order valence-corrected chi connectivity index (χ2v) is 7.81. The van der Waals surface area contributed by atoms with Crippen LogP contribution >= 0.6 is 0 Å². The number of nitrogens with zero attached hydrogens (tertiary/aromatic N) is 2. The summed E-state index contributed by atoms with van der Waals surface area (Å²) >= 11 is 0. The molecule has 0 radical (unpaired) electrons. The average Bonchev–Trinajstić information content (AvgIpc) is 3.46. The first-order chi connectivity index (χ1) is 13.1. The minimum absolute atomic E-state index is 0.115. The molecule has 1 aromatic carbocycles. The van der Waals surface area contributed by atoms with Crippen molar-refractivity contribution in [2.24, 2.45) is 4.99 Å². The topological polar surface area (TPSA) is 59.9 Å². The molecule has 6 heteroatoms. The Bertz CT molecular complexity index is 624. The van der Waals surface area contributed by atoms with Gasteiger partial charge in [0.1, 0.15) is 5.82 Å². The van der Waals surface area contributed by atoms with Gasteiger partial charge in [-0.05, 0) is 57.2 Å². The quantitative estimate of drug-likeness (QED) is 0.370. The van der Waals surface area contributed by atoms with Gasteiger partial charge in [0.2, 0.25) is 0 Å². The SMILES string of the molecule is CCNC(=NCC1(c2ccccc2F)CC1)NCCCN1CCC(O)CC1. The summed E-state index contributed by atoms with van der Waals surface area (Å²) in [5.41, 5.74) is 0.680. The number of aliphatic imine (C=N–C) groups is 1. The van der Waals surface area contributed by atoms with Gasteiger partial charge < -0.3 is 20.6 Å². The van der Waals surface area contributed by atoms with Gasteiger partial charge in [-0.1, -0.05) is 18.2 Å². The monoisotopic (exact) mass is 376 g/mol. The lowest BCUT2D eigenvalue weighted by atomic mass is 9.95. The summed E-state index contributed by atoms with van der Waals surface area (Å²) in [6.45, 7) is 7.35. The second kappa shape index (κ2) is 9.51. The number of rotatable bonds is 8. The highest BCUT2D eigenvalue weighted by Gasteiger charge is 2.45. The fraction of sp³-hybridized carbons (Fsp3) is 0.667.